The van der Waals surface area contributed by atoms with Crippen molar-refractivity contribution in [3.8, 4) is 0 Å². The third-order valence-electron chi connectivity index (χ3n) is 1.30. The molecule has 1 nitrogen and oxygen atoms in total. The summed E-state index contributed by atoms with van der Waals surface area (Å²) < 4.78 is 6.50. The number of hydrogen-bond donors (Lipinski definition) is 1. The predicted octanol–water partition coefficient (Wildman–Crippen LogP) is 0.921. The SMILES string of the molecule is [2H]OC1CCCC1. The quantitative estimate of drug-likeness (QED) is 0.504. The maximum atomic E-state index is 6.50. The average Bonchev–Trinajstić information content (AvgIpc) is 2.14. The van der Waals surface area contributed by atoms with E-state index < -0.39 is 0 Å². The Morgan fingerprint density at radius 2 is 2.17 bits per heavy atom. The van der Waals surface area contributed by atoms with E-state index in [0.717, 1.165) is 12.8 Å². The molecule has 1 aliphatic rings. The highest BCUT2D eigenvalue weighted by Crippen LogP contribution is 2.16. The predicted molar refractivity (Wildman–Crippen MR) is 24.5 cm³/mol. The smallest absolute Gasteiger partial charge is 0.210 e. The van der Waals surface area contributed by atoms with Gasteiger partial charge in [0.25, 0.3) is 0 Å². The first-order chi connectivity index (χ1) is 3.43. The van der Waals surface area contributed by atoms with Crippen molar-refractivity contribution in [1.29, 1.82) is 1.43 Å². The summed E-state index contributed by atoms with van der Waals surface area (Å²) in [4.78, 5) is 0. The molecule has 1 aliphatic carbocycles. The largest absolute Gasteiger partial charge is 0.393 e. The Balaban J connectivity index is 2.14. The van der Waals surface area contributed by atoms with Crippen molar-refractivity contribution in [3.63, 3.8) is 0 Å². The monoisotopic (exact) mass is 87.1 g/mol. The van der Waals surface area contributed by atoms with Gasteiger partial charge in [0.15, 0.2) is 0 Å². The van der Waals surface area contributed by atoms with Crippen LogP contribution in [-0.4, -0.2) is 12.6 Å². The second-order valence-electron chi connectivity index (χ2n) is 1.91. The fourth-order valence-corrected chi connectivity index (χ4v) is 0.888. The van der Waals surface area contributed by atoms with Crippen LogP contribution < -0.4 is 0 Å². The Morgan fingerprint density at radius 3 is 2.50 bits per heavy atom. The summed E-state index contributed by atoms with van der Waals surface area (Å²) in [7, 11) is 0. The molecule has 1 saturated carbocycles. The van der Waals surface area contributed by atoms with E-state index in [1.165, 1.54) is 12.8 Å². The van der Waals surface area contributed by atoms with Gasteiger partial charge in [-0.25, -0.2) is 0 Å². The highest BCUT2D eigenvalue weighted by Gasteiger charge is 2.09. The summed E-state index contributed by atoms with van der Waals surface area (Å²) in [5.74, 6) is 0. The zero-order valence-electron chi connectivity index (χ0n) is 4.81. The van der Waals surface area contributed by atoms with Crippen molar-refractivity contribution in [1.82, 2.24) is 0 Å². The number of aliphatic hydroxyl groups is 1. The van der Waals surface area contributed by atoms with Gasteiger partial charge >= 0.3 is 0 Å². The van der Waals surface area contributed by atoms with Crippen LogP contribution in [0.1, 0.15) is 25.7 Å². The van der Waals surface area contributed by atoms with E-state index in [9.17, 15) is 0 Å². The highest BCUT2D eigenvalue weighted by molar-refractivity contribution is 4.63. The van der Waals surface area contributed by atoms with Crippen LogP contribution >= 0.6 is 0 Å². The van der Waals surface area contributed by atoms with Gasteiger partial charge in [0.1, 0.15) is 0 Å². The van der Waals surface area contributed by atoms with Crippen molar-refractivity contribution in [3.05, 3.63) is 0 Å². The van der Waals surface area contributed by atoms with Crippen LogP contribution in [0, 0.1) is 0 Å². The molecule has 0 saturated heterocycles. The molecule has 0 atom stereocenters. The molecule has 0 amide bonds. The van der Waals surface area contributed by atoms with Gasteiger partial charge in [0, 0.05) is 0 Å². The van der Waals surface area contributed by atoms with Crippen molar-refractivity contribution in [2.24, 2.45) is 0 Å². The summed E-state index contributed by atoms with van der Waals surface area (Å²) in [6, 6.07) is 0. The Kier molecular flexibility index (Phi) is 0.810. The maximum absolute atomic E-state index is 6.50. The fourth-order valence-electron chi connectivity index (χ4n) is 0.888. The second-order valence-corrected chi connectivity index (χ2v) is 1.91. The molecule has 1 fully saturated rings. The molecule has 0 aliphatic heterocycles. The van der Waals surface area contributed by atoms with E-state index in [4.69, 9.17) is 1.43 Å². The molecule has 0 unspecified atom stereocenters. The molecule has 1 heteroatoms. The molecule has 0 radical (unpaired) electrons. The van der Waals surface area contributed by atoms with Crippen LogP contribution in [0.2, 0.25) is 0 Å². The van der Waals surface area contributed by atoms with Gasteiger partial charge in [0.05, 0.1) is 6.10 Å². The van der Waals surface area contributed by atoms with Crippen molar-refractivity contribution in [2.75, 3.05) is 0 Å². The second kappa shape index (κ2) is 1.61. The van der Waals surface area contributed by atoms with Crippen LogP contribution in [0.15, 0.2) is 0 Å². The van der Waals surface area contributed by atoms with E-state index in [1.807, 2.05) is 0 Å². The van der Waals surface area contributed by atoms with Gasteiger partial charge < -0.3 is 5.11 Å². The number of rotatable bonds is 1. The standard InChI is InChI=1S/C5H10O/c6-5-3-1-2-4-5/h5-6H,1-4H2/i6D. The van der Waals surface area contributed by atoms with Crippen LogP contribution in [-0.2, 0) is 0 Å². The minimum atomic E-state index is 0.264. The van der Waals surface area contributed by atoms with E-state index in [0.29, 0.717) is 0 Å². The number of aliphatic hydroxyl groups excluding tert-OH is 1. The van der Waals surface area contributed by atoms with E-state index in [-0.39, 0.29) is 6.10 Å². The van der Waals surface area contributed by atoms with E-state index >= 15 is 0 Å². The highest BCUT2D eigenvalue weighted by atomic mass is 16.3. The molecule has 0 aromatic carbocycles. The zero-order valence-corrected chi connectivity index (χ0v) is 3.81. The van der Waals surface area contributed by atoms with E-state index in [1.54, 1.807) is 0 Å². The first-order valence-electron chi connectivity index (χ1n) is 2.96. The van der Waals surface area contributed by atoms with Crippen molar-refractivity contribution >= 4 is 0 Å². The van der Waals surface area contributed by atoms with Gasteiger partial charge in [-0.1, -0.05) is 12.8 Å². The molecule has 0 spiro atoms. The molecular formula is C5H10O. The van der Waals surface area contributed by atoms with Crippen molar-refractivity contribution in [2.45, 2.75) is 31.8 Å². The van der Waals surface area contributed by atoms with Gasteiger partial charge in [0.2, 0.25) is 1.43 Å². The van der Waals surface area contributed by atoms with Crippen LogP contribution in [0.5, 0.6) is 0 Å². The Labute approximate surface area is 39.5 Å². The summed E-state index contributed by atoms with van der Waals surface area (Å²) in [5.41, 5.74) is 0. The lowest BCUT2D eigenvalue weighted by molar-refractivity contribution is 0.183. The third kappa shape index (κ3) is 0.716. The zero-order chi connectivity index (χ0) is 5.11. The topological polar surface area (TPSA) is 20.2 Å². The normalized spacial score (nSPS) is 27.7. The summed E-state index contributed by atoms with van der Waals surface area (Å²) in [6.45, 7) is 0. The minimum Gasteiger partial charge on any atom is -0.393 e. The van der Waals surface area contributed by atoms with Gasteiger partial charge in [-0.05, 0) is 12.8 Å². The molecule has 36 valence electrons. The summed E-state index contributed by atoms with van der Waals surface area (Å²) in [6.07, 6.45) is 4.97. The molecule has 1 N–H and O–H groups in total. The molecule has 0 aromatic heterocycles. The van der Waals surface area contributed by atoms with E-state index in [2.05, 4.69) is 5.11 Å². The lowest BCUT2D eigenvalue weighted by Gasteiger charge is -1.91. The molecule has 1 rings (SSSR count). The molecule has 0 heterocycles. The Bertz CT molecular complexity index is 50.0. The molecular weight excluding hydrogens is 76.1 g/mol. The lowest BCUT2D eigenvalue weighted by Crippen LogP contribution is -1.94. The summed E-state index contributed by atoms with van der Waals surface area (Å²) >= 11 is 0. The summed E-state index contributed by atoms with van der Waals surface area (Å²) in [5, 5.41) is 4.36. The van der Waals surface area contributed by atoms with Crippen LogP contribution in [0.3, 0.4) is 0 Å². The van der Waals surface area contributed by atoms with Crippen LogP contribution in [0.4, 0.5) is 0 Å². The Hall–Kier alpha value is -0.0400. The average molecular weight is 87.1 g/mol. The molecule has 0 bridgehead atoms. The first kappa shape index (κ1) is 3.03. The van der Waals surface area contributed by atoms with Crippen molar-refractivity contribution < 1.29 is 5.11 Å². The first-order valence-corrected chi connectivity index (χ1v) is 2.55. The van der Waals surface area contributed by atoms with Gasteiger partial charge in [-0.15, -0.1) is 0 Å². The third-order valence-corrected chi connectivity index (χ3v) is 1.30. The van der Waals surface area contributed by atoms with Gasteiger partial charge in [-0.2, -0.15) is 0 Å². The molecule has 0 aromatic rings. The lowest BCUT2D eigenvalue weighted by atomic mass is 10.3. The molecule has 6 heavy (non-hydrogen) atoms. The van der Waals surface area contributed by atoms with Crippen LogP contribution in [0.25, 0.3) is 0 Å². The van der Waals surface area contributed by atoms with Gasteiger partial charge in [-0.3, -0.25) is 0 Å². The fraction of sp³-hybridized carbons (Fsp3) is 1.00. The number of hydrogen-bond acceptors (Lipinski definition) is 1. The maximum Gasteiger partial charge on any atom is 0.210 e. The Morgan fingerprint density at radius 1 is 1.50 bits per heavy atom. The minimum absolute atomic E-state index is 0.264.